The number of carbonyl (C=O) groups is 1. The Bertz CT molecular complexity index is 762. The fourth-order valence-corrected chi connectivity index (χ4v) is 1.53. The van der Waals surface area contributed by atoms with Crippen molar-refractivity contribution >= 4 is 5.97 Å². The molecule has 2 rings (SSSR count). The Morgan fingerprint density at radius 3 is 1.77 bits per heavy atom. The van der Waals surface area contributed by atoms with E-state index < -0.39 is 40.8 Å². The molecule has 0 radical (unpaired) electrons. The fraction of sp³-hybridized carbons (Fsp3) is 0. The van der Waals surface area contributed by atoms with Crippen LogP contribution in [0.15, 0.2) is 24.3 Å². The molecule has 0 atom stereocenters. The van der Waals surface area contributed by atoms with E-state index in [1.54, 1.807) is 0 Å². The number of esters is 1. The lowest BCUT2D eigenvalue weighted by Gasteiger charge is -2.08. The molecule has 0 aliphatic carbocycles. The molecule has 0 aliphatic heterocycles. The molecule has 0 fully saturated rings. The summed E-state index contributed by atoms with van der Waals surface area (Å²) in [6, 6.07) is 5.05. The highest BCUT2D eigenvalue weighted by Crippen LogP contribution is 2.29. The van der Waals surface area contributed by atoms with Crippen molar-refractivity contribution in [3.63, 3.8) is 0 Å². The Morgan fingerprint density at radius 1 is 0.864 bits per heavy atom. The van der Waals surface area contributed by atoms with Crippen molar-refractivity contribution in [2.75, 3.05) is 0 Å². The minimum Gasteiger partial charge on any atom is -0.416 e. The third-order valence-electron chi connectivity index (χ3n) is 2.65. The highest BCUT2D eigenvalue weighted by molar-refractivity contribution is 5.91. The average Bonchev–Trinajstić information content (AvgIpc) is 2.55. The van der Waals surface area contributed by atoms with Gasteiger partial charge >= 0.3 is 5.97 Å². The Labute approximate surface area is 121 Å². The van der Waals surface area contributed by atoms with Gasteiger partial charge in [-0.25, -0.2) is 18.0 Å². The third-order valence-corrected chi connectivity index (χ3v) is 2.65. The summed E-state index contributed by atoms with van der Waals surface area (Å²) >= 11 is 0. The average molecular weight is 312 g/mol. The van der Waals surface area contributed by atoms with E-state index >= 15 is 0 Å². The van der Waals surface area contributed by atoms with Gasteiger partial charge in [0.05, 0.1) is 5.56 Å². The number of benzene rings is 2. The van der Waals surface area contributed by atoms with Crippen LogP contribution in [0.1, 0.15) is 15.9 Å². The van der Waals surface area contributed by atoms with E-state index in [0.717, 1.165) is 0 Å². The molecular formula is C15H5F5O2. The van der Waals surface area contributed by atoms with E-state index in [9.17, 15) is 26.7 Å². The molecule has 112 valence electrons. The maximum Gasteiger partial charge on any atom is 0.343 e. The molecule has 2 nitrogen and oxygen atoms in total. The van der Waals surface area contributed by atoms with Gasteiger partial charge in [0.1, 0.15) is 0 Å². The first kappa shape index (κ1) is 15.5. The molecule has 7 heteroatoms. The molecule has 0 unspecified atom stereocenters. The Kier molecular flexibility index (Phi) is 4.13. The minimum atomic E-state index is -2.34. The van der Waals surface area contributed by atoms with Crippen LogP contribution >= 0.6 is 0 Å². The lowest BCUT2D eigenvalue weighted by Crippen LogP contribution is -2.13. The zero-order valence-corrected chi connectivity index (χ0v) is 10.6. The quantitative estimate of drug-likeness (QED) is 0.212. The lowest BCUT2D eigenvalue weighted by molar-refractivity contribution is 0.0716. The minimum absolute atomic E-state index is 0.178. The first-order valence-corrected chi connectivity index (χ1v) is 5.67. The number of hydrogen-bond acceptors (Lipinski definition) is 2. The smallest absolute Gasteiger partial charge is 0.343 e. The topological polar surface area (TPSA) is 26.3 Å². The van der Waals surface area contributed by atoms with Crippen LogP contribution < -0.4 is 4.74 Å². The summed E-state index contributed by atoms with van der Waals surface area (Å²) in [4.78, 5) is 11.7. The molecule has 0 amide bonds. The van der Waals surface area contributed by atoms with Crippen molar-refractivity contribution in [3.8, 4) is 18.1 Å². The van der Waals surface area contributed by atoms with Crippen LogP contribution in [0.3, 0.4) is 0 Å². The van der Waals surface area contributed by atoms with Crippen LogP contribution in [0.4, 0.5) is 22.0 Å². The van der Waals surface area contributed by atoms with E-state index in [0.29, 0.717) is 5.56 Å². The number of hydrogen-bond donors (Lipinski definition) is 0. The molecule has 0 aromatic heterocycles. The zero-order valence-electron chi connectivity index (χ0n) is 10.6. The van der Waals surface area contributed by atoms with Crippen molar-refractivity contribution in [2.45, 2.75) is 0 Å². The van der Waals surface area contributed by atoms with E-state index in [4.69, 9.17) is 6.42 Å². The van der Waals surface area contributed by atoms with E-state index in [1.807, 2.05) is 0 Å². The second kappa shape index (κ2) is 5.85. The number of halogens is 5. The zero-order chi connectivity index (χ0) is 16.4. The van der Waals surface area contributed by atoms with Gasteiger partial charge in [-0.15, -0.1) is 6.42 Å². The highest BCUT2D eigenvalue weighted by Gasteiger charge is 2.28. The highest BCUT2D eigenvalue weighted by atomic mass is 19.2. The van der Waals surface area contributed by atoms with Crippen LogP contribution in [0, 0.1) is 41.4 Å². The first-order valence-electron chi connectivity index (χ1n) is 5.67. The normalized spacial score (nSPS) is 10.2. The summed E-state index contributed by atoms with van der Waals surface area (Å²) in [7, 11) is 0. The van der Waals surface area contributed by atoms with Gasteiger partial charge < -0.3 is 4.74 Å². The molecule has 0 N–H and O–H groups in total. The molecule has 0 heterocycles. The molecule has 0 bridgehead atoms. The van der Waals surface area contributed by atoms with Crippen molar-refractivity contribution in [3.05, 3.63) is 64.5 Å². The Morgan fingerprint density at radius 2 is 1.32 bits per heavy atom. The predicted molar refractivity (Wildman–Crippen MR) is 65.6 cm³/mol. The summed E-state index contributed by atoms with van der Waals surface area (Å²) in [5.74, 6) is -11.9. The van der Waals surface area contributed by atoms with Crippen LogP contribution in [0.2, 0.25) is 0 Å². The molecule has 0 saturated carbocycles. The van der Waals surface area contributed by atoms with E-state index in [2.05, 4.69) is 10.7 Å². The third kappa shape index (κ3) is 2.63. The molecule has 2 aromatic rings. The second-order valence-electron chi connectivity index (χ2n) is 4.01. The van der Waals surface area contributed by atoms with Crippen molar-refractivity contribution < 1.29 is 31.5 Å². The van der Waals surface area contributed by atoms with Crippen molar-refractivity contribution in [1.82, 2.24) is 0 Å². The summed E-state index contributed by atoms with van der Waals surface area (Å²) in [6.45, 7) is 0. The van der Waals surface area contributed by atoms with Crippen molar-refractivity contribution in [1.29, 1.82) is 0 Å². The fourth-order valence-electron chi connectivity index (χ4n) is 1.53. The van der Waals surface area contributed by atoms with E-state index in [1.165, 1.54) is 24.3 Å². The number of ether oxygens (including phenoxy) is 1. The van der Waals surface area contributed by atoms with Crippen LogP contribution in [0.25, 0.3) is 0 Å². The summed E-state index contributed by atoms with van der Waals surface area (Å²) in [5.41, 5.74) is 0.246. The summed E-state index contributed by atoms with van der Waals surface area (Å²) < 4.78 is 69.8. The molecule has 0 spiro atoms. The molecular weight excluding hydrogens is 307 g/mol. The maximum atomic E-state index is 13.4. The van der Waals surface area contributed by atoms with Gasteiger partial charge in [-0.05, 0) is 24.3 Å². The van der Waals surface area contributed by atoms with Crippen LogP contribution in [-0.4, -0.2) is 5.97 Å². The van der Waals surface area contributed by atoms with Gasteiger partial charge in [-0.3, -0.25) is 0 Å². The SMILES string of the molecule is C#Cc1ccc(C(=O)Oc2c(F)c(F)c(F)c(F)c2F)cc1. The summed E-state index contributed by atoms with van der Waals surface area (Å²) in [5, 5.41) is 0. The Hall–Kier alpha value is -2.88. The maximum absolute atomic E-state index is 13.4. The van der Waals surface area contributed by atoms with Gasteiger partial charge in [0.25, 0.3) is 0 Å². The monoisotopic (exact) mass is 312 g/mol. The van der Waals surface area contributed by atoms with Gasteiger partial charge in [-0.1, -0.05) is 5.92 Å². The number of carbonyl (C=O) groups excluding carboxylic acids is 1. The predicted octanol–water partition coefficient (Wildman–Crippen LogP) is 3.58. The second-order valence-corrected chi connectivity index (χ2v) is 4.01. The molecule has 22 heavy (non-hydrogen) atoms. The van der Waals surface area contributed by atoms with E-state index in [-0.39, 0.29) is 5.56 Å². The molecule has 0 aliphatic rings. The molecule has 0 saturated heterocycles. The van der Waals surface area contributed by atoms with Gasteiger partial charge in [0, 0.05) is 5.56 Å². The molecule has 2 aromatic carbocycles. The lowest BCUT2D eigenvalue weighted by atomic mass is 10.1. The van der Waals surface area contributed by atoms with Gasteiger partial charge in [-0.2, -0.15) is 8.78 Å². The largest absolute Gasteiger partial charge is 0.416 e. The standard InChI is InChI=1S/C15H5F5O2/c1-2-7-3-5-8(6-4-7)15(21)22-14-12(19)10(17)9(16)11(18)13(14)20/h1,3-6H. The van der Waals surface area contributed by atoms with Crippen molar-refractivity contribution in [2.24, 2.45) is 0 Å². The Balaban J connectivity index is 2.38. The number of rotatable bonds is 2. The number of terminal acetylenes is 1. The van der Waals surface area contributed by atoms with Gasteiger partial charge in [0.2, 0.25) is 34.8 Å². The van der Waals surface area contributed by atoms with Crippen LogP contribution in [-0.2, 0) is 0 Å². The first-order chi connectivity index (χ1) is 10.4. The van der Waals surface area contributed by atoms with Crippen LogP contribution in [0.5, 0.6) is 5.75 Å². The summed E-state index contributed by atoms with van der Waals surface area (Å²) in [6.07, 6.45) is 5.10. The van der Waals surface area contributed by atoms with Gasteiger partial charge in [0.15, 0.2) is 0 Å².